The van der Waals surface area contributed by atoms with E-state index in [4.69, 9.17) is 4.74 Å². The highest BCUT2D eigenvalue weighted by Crippen LogP contribution is 2.19. The summed E-state index contributed by atoms with van der Waals surface area (Å²) in [5.41, 5.74) is 1.24. The summed E-state index contributed by atoms with van der Waals surface area (Å²) in [6.07, 6.45) is 0. The first kappa shape index (κ1) is 17.2. The summed E-state index contributed by atoms with van der Waals surface area (Å²) in [7, 11) is 4.06. The van der Waals surface area contributed by atoms with Crippen LogP contribution in [0.4, 0.5) is 4.79 Å². The van der Waals surface area contributed by atoms with Crippen LogP contribution in [-0.4, -0.2) is 75.9 Å². The third-order valence-electron chi connectivity index (χ3n) is 3.82. The van der Waals surface area contributed by atoms with Gasteiger partial charge in [-0.1, -0.05) is 0 Å². The van der Waals surface area contributed by atoms with Gasteiger partial charge in [-0.05, 0) is 36.5 Å². The van der Waals surface area contributed by atoms with Crippen molar-refractivity contribution in [2.24, 2.45) is 0 Å². The molecule has 124 valence electrons. The standard InChI is InChI=1S/C15H26N4O2S/c1-18(2)14(13-3-10-22-12-13)11-17-15(20)16-4-5-19-6-8-21-9-7-19/h3,10,12,14H,4-9,11H2,1-2H3,(H2,16,17,20)/t14-/m1/s1. The molecule has 22 heavy (non-hydrogen) atoms. The van der Waals surface area contributed by atoms with E-state index in [1.807, 2.05) is 14.1 Å². The Kier molecular flexibility index (Phi) is 7.11. The zero-order valence-corrected chi connectivity index (χ0v) is 14.2. The van der Waals surface area contributed by atoms with Gasteiger partial charge < -0.3 is 20.3 Å². The number of nitrogens with zero attached hydrogens (tertiary/aromatic N) is 2. The Labute approximate surface area is 136 Å². The van der Waals surface area contributed by atoms with Gasteiger partial charge in [0.25, 0.3) is 0 Å². The minimum atomic E-state index is -0.102. The van der Waals surface area contributed by atoms with E-state index in [1.54, 1.807) is 11.3 Å². The van der Waals surface area contributed by atoms with Crippen LogP contribution in [-0.2, 0) is 4.74 Å². The smallest absolute Gasteiger partial charge is 0.314 e. The number of carbonyl (C=O) groups excluding carboxylic acids is 1. The molecule has 1 atom stereocenters. The van der Waals surface area contributed by atoms with Crippen LogP contribution in [0.1, 0.15) is 11.6 Å². The third kappa shape index (κ3) is 5.57. The molecule has 7 heteroatoms. The summed E-state index contributed by atoms with van der Waals surface area (Å²) in [6.45, 7) is 5.62. The van der Waals surface area contributed by atoms with Crippen LogP contribution in [0.25, 0.3) is 0 Å². The quantitative estimate of drug-likeness (QED) is 0.784. The van der Waals surface area contributed by atoms with Crippen molar-refractivity contribution in [2.75, 3.05) is 60.0 Å². The lowest BCUT2D eigenvalue weighted by atomic mass is 10.1. The van der Waals surface area contributed by atoms with E-state index in [0.717, 1.165) is 32.8 Å². The maximum absolute atomic E-state index is 11.9. The van der Waals surface area contributed by atoms with Crippen molar-refractivity contribution in [3.05, 3.63) is 22.4 Å². The summed E-state index contributed by atoms with van der Waals surface area (Å²) in [6, 6.07) is 2.21. The fourth-order valence-corrected chi connectivity index (χ4v) is 3.17. The van der Waals surface area contributed by atoms with Gasteiger partial charge in [-0.2, -0.15) is 11.3 Å². The molecule has 1 fully saturated rings. The highest BCUT2D eigenvalue weighted by Gasteiger charge is 2.15. The molecule has 1 aromatic heterocycles. The van der Waals surface area contributed by atoms with Crippen LogP contribution in [0.2, 0.25) is 0 Å². The average molecular weight is 326 g/mol. The molecular weight excluding hydrogens is 300 g/mol. The van der Waals surface area contributed by atoms with Gasteiger partial charge >= 0.3 is 6.03 Å². The van der Waals surface area contributed by atoms with E-state index in [1.165, 1.54) is 5.56 Å². The van der Waals surface area contributed by atoms with Gasteiger partial charge in [0, 0.05) is 32.7 Å². The molecule has 0 unspecified atom stereocenters. The summed E-state index contributed by atoms with van der Waals surface area (Å²) in [5, 5.41) is 10.1. The first-order chi connectivity index (χ1) is 10.7. The van der Waals surface area contributed by atoms with E-state index in [9.17, 15) is 4.79 Å². The van der Waals surface area contributed by atoms with E-state index in [-0.39, 0.29) is 12.1 Å². The van der Waals surface area contributed by atoms with E-state index in [2.05, 4.69) is 37.3 Å². The van der Waals surface area contributed by atoms with Crippen molar-refractivity contribution in [1.29, 1.82) is 0 Å². The maximum atomic E-state index is 11.9. The number of morpholine rings is 1. The minimum absolute atomic E-state index is 0.102. The summed E-state index contributed by atoms with van der Waals surface area (Å²) in [5.74, 6) is 0. The normalized spacial score (nSPS) is 17.4. The zero-order valence-electron chi connectivity index (χ0n) is 13.4. The van der Waals surface area contributed by atoms with Crippen LogP contribution >= 0.6 is 11.3 Å². The second-order valence-corrected chi connectivity index (χ2v) is 6.41. The predicted octanol–water partition coefficient (Wildman–Crippen LogP) is 0.982. The summed E-state index contributed by atoms with van der Waals surface area (Å²) < 4.78 is 5.30. The van der Waals surface area contributed by atoms with Gasteiger partial charge in [0.05, 0.1) is 19.3 Å². The Bertz CT molecular complexity index is 433. The van der Waals surface area contributed by atoms with Crippen LogP contribution in [0.3, 0.4) is 0 Å². The van der Waals surface area contributed by atoms with Gasteiger partial charge in [0.1, 0.15) is 0 Å². The number of amides is 2. The fraction of sp³-hybridized carbons (Fsp3) is 0.667. The highest BCUT2D eigenvalue weighted by molar-refractivity contribution is 7.07. The lowest BCUT2D eigenvalue weighted by molar-refractivity contribution is 0.0387. The molecule has 0 spiro atoms. The first-order valence-electron chi connectivity index (χ1n) is 7.67. The molecule has 1 saturated heterocycles. The lowest BCUT2D eigenvalue weighted by Gasteiger charge is -2.27. The molecule has 1 aromatic rings. The van der Waals surface area contributed by atoms with Gasteiger partial charge in [-0.25, -0.2) is 4.79 Å². The molecule has 1 aliphatic rings. The molecule has 6 nitrogen and oxygen atoms in total. The number of ether oxygens (including phenoxy) is 1. The van der Waals surface area contributed by atoms with Gasteiger partial charge in [-0.3, -0.25) is 4.90 Å². The number of hydrogen-bond donors (Lipinski definition) is 2. The number of urea groups is 1. The van der Waals surface area contributed by atoms with Crippen molar-refractivity contribution in [3.63, 3.8) is 0 Å². The number of rotatable bonds is 7. The molecule has 0 saturated carbocycles. The number of thiophene rings is 1. The Morgan fingerprint density at radius 1 is 1.41 bits per heavy atom. The highest BCUT2D eigenvalue weighted by atomic mass is 32.1. The maximum Gasteiger partial charge on any atom is 0.314 e. The summed E-state index contributed by atoms with van der Waals surface area (Å²) >= 11 is 1.68. The van der Waals surface area contributed by atoms with Gasteiger partial charge in [0.15, 0.2) is 0 Å². The van der Waals surface area contributed by atoms with Crippen molar-refractivity contribution in [1.82, 2.24) is 20.4 Å². The van der Waals surface area contributed by atoms with E-state index >= 15 is 0 Å². The topological polar surface area (TPSA) is 56.8 Å². The lowest BCUT2D eigenvalue weighted by Crippen LogP contribution is -2.45. The van der Waals surface area contributed by atoms with E-state index in [0.29, 0.717) is 13.1 Å². The largest absolute Gasteiger partial charge is 0.379 e. The van der Waals surface area contributed by atoms with Crippen LogP contribution in [0.15, 0.2) is 16.8 Å². The summed E-state index contributed by atoms with van der Waals surface area (Å²) in [4.78, 5) is 16.3. The van der Waals surface area contributed by atoms with Crippen molar-refractivity contribution in [3.8, 4) is 0 Å². The minimum Gasteiger partial charge on any atom is -0.379 e. The molecule has 0 radical (unpaired) electrons. The molecule has 2 N–H and O–H groups in total. The number of nitrogens with one attached hydrogen (secondary N) is 2. The van der Waals surface area contributed by atoms with Crippen LogP contribution < -0.4 is 10.6 Å². The second-order valence-electron chi connectivity index (χ2n) is 5.63. The van der Waals surface area contributed by atoms with Crippen LogP contribution in [0, 0.1) is 0 Å². The number of carbonyl (C=O) groups is 1. The molecule has 0 bridgehead atoms. The molecule has 0 aliphatic carbocycles. The molecule has 0 aromatic carbocycles. The Balaban J connectivity index is 1.65. The Hall–Kier alpha value is -1.15. The second kappa shape index (κ2) is 9.09. The zero-order chi connectivity index (χ0) is 15.8. The van der Waals surface area contributed by atoms with Crippen LogP contribution in [0.5, 0.6) is 0 Å². The average Bonchev–Trinajstić information content (AvgIpc) is 3.02. The fourth-order valence-electron chi connectivity index (χ4n) is 2.47. The molecule has 1 aliphatic heterocycles. The van der Waals surface area contributed by atoms with E-state index < -0.39 is 0 Å². The molecule has 2 rings (SSSR count). The van der Waals surface area contributed by atoms with Crippen molar-refractivity contribution in [2.45, 2.75) is 6.04 Å². The molecular formula is C15H26N4O2S. The third-order valence-corrected chi connectivity index (χ3v) is 4.53. The van der Waals surface area contributed by atoms with Gasteiger partial charge in [0.2, 0.25) is 0 Å². The Morgan fingerprint density at radius 2 is 2.18 bits per heavy atom. The van der Waals surface area contributed by atoms with Crippen molar-refractivity contribution < 1.29 is 9.53 Å². The number of hydrogen-bond acceptors (Lipinski definition) is 5. The monoisotopic (exact) mass is 326 g/mol. The molecule has 2 heterocycles. The first-order valence-corrected chi connectivity index (χ1v) is 8.61. The van der Waals surface area contributed by atoms with Crippen molar-refractivity contribution >= 4 is 17.4 Å². The number of likely N-dealkylation sites (N-methyl/N-ethyl adjacent to an activating group) is 1. The van der Waals surface area contributed by atoms with Gasteiger partial charge in [-0.15, -0.1) is 0 Å². The predicted molar refractivity (Wildman–Crippen MR) is 89.4 cm³/mol. The molecule has 2 amide bonds. The SMILES string of the molecule is CN(C)[C@H](CNC(=O)NCCN1CCOCC1)c1ccsc1. The Morgan fingerprint density at radius 3 is 2.82 bits per heavy atom.